The molecular formula is C18H27NO2. The van der Waals surface area contributed by atoms with Gasteiger partial charge in [-0.2, -0.15) is 0 Å². The van der Waals surface area contributed by atoms with E-state index in [1.165, 1.54) is 44.1 Å². The quantitative estimate of drug-likeness (QED) is 0.899. The summed E-state index contributed by atoms with van der Waals surface area (Å²) in [7, 11) is 0. The van der Waals surface area contributed by atoms with Crippen LogP contribution in [0.2, 0.25) is 0 Å². The summed E-state index contributed by atoms with van der Waals surface area (Å²) in [6, 6.07) is 6.44. The molecule has 3 rings (SSSR count). The van der Waals surface area contributed by atoms with Gasteiger partial charge in [0, 0.05) is 6.42 Å². The third-order valence-electron chi connectivity index (χ3n) is 5.09. The lowest BCUT2D eigenvalue weighted by molar-refractivity contribution is 0.253. The van der Waals surface area contributed by atoms with Crippen LogP contribution in [0.4, 0.5) is 0 Å². The van der Waals surface area contributed by atoms with Crippen LogP contribution in [0.15, 0.2) is 18.2 Å². The van der Waals surface area contributed by atoms with Crippen LogP contribution in [-0.4, -0.2) is 19.8 Å². The highest BCUT2D eigenvalue weighted by atomic mass is 16.5. The molecule has 116 valence electrons. The number of benzene rings is 1. The summed E-state index contributed by atoms with van der Waals surface area (Å²) in [6.45, 7) is 2.33. The molecule has 1 aliphatic heterocycles. The van der Waals surface area contributed by atoms with Gasteiger partial charge < -0.3 is 15.2 Å². The van der Waals surface area contributed by atoms with Crippen molar-refractivity contribution in [3.63, 3.8) is 0 Å². The molecule has 2 N–H and O–H groups in total. The minimum Gasteiger partial charge on any atom is -0.490 e. The normalized spacial score (nSPS) is 20.2. The Morgan fingerprint density at radius 3 is 2.48 bits per heavy atom. The van der Waals surface area contributed by atoms with E-state index in [0.717, 1.165) is 44.1 Å². The van der Waals surface area contributed by atoms with Gasteiger partial charge in [-0.15, -0.1) is 0 Å². The second-order valence-electron chi connectivity index (χ2n) is 6.58. The van der Waals surface area contributed by atoms with E-state index in [1.54, 1.807) is 0 Å². The zero-order chi connectivity index (χ0) is 14.5. The molecule has 2 aliphatic rings. The molecule has 1 aromatic carbocycles. The first kappa shape index (κ1) is 14.7. The summed E-state index contributed by atoms with van der Waals surface area (Å²) in [4.78, 5) is 0. The highest BCUT2D eigenvalue weighted by Gasteiger charge is 2.32. The first-order valence-electron chi connectivity index (χ1n) is 8.40. The summed E-state index contributed by atoms with van der Waals surface area (Å²) < 4.78 is 11.5. The van der Waals surface area contributed by atoms with Crippen LogP contribution in [0.25, 0.3) is 0 Å². The van der Waals surface area contributed by atoms with E-state index in [0.29, 0.717) is 5.41 Å². The van der Waals surface area contributed by atoms with E-state index in [9.17, 15) is 0 Å². The highest BCUT2D eigenvalue weighted by Crippen LogP contribution is 2.44. The molecule has 0 radical (unpaired) electrons. The average Bonchev–Trinajstić information content (AvgIpc) is 2.83. The standard InChI is InChI=1S/C18H27NO2/c19-11-10-18(7-1-2-8-18)9-6-15-4-5-16-17(14-15)21-13-3-12-20-16/h4-5,14H,1-3,6-13,19H2. The largest absolute Gasteiger partial charge is 0.490 e. The van der Waals surface area contributed by atoms with Crippen molar-refractivity contribution in [2.75, 3.05) is 19.8 Å². The van der Waals surface area contributed by atoms with Gasteiger partial charge in [0.05, 0.1) is 13.2 Å². The van der Waals surface area contributed by atoms with Crippen molar-refractivity contribution in [3.8, 4) is 11.5 Å². The van der Waals surface area contributed by atoms with E-state index in [1.807, 2.05) is 0 Å². The summed E-state index contributed by atoms with van der Waals surface area (Å²) in [5.41, 5.74) is 7.70. The van der Waals surface area contributed by atoms with E-state index < -0.39 is 0 Å². The number of hydrogen-bond donors (Lipinski definition) is 1. The Bertz CT molecular complexity index is 466. The fraction of sp³-hybridized carbons (Fsp3) is 0.667. The molecule has 21 heavy (non-hydrogen) atoms. The van der Waals surface area contributed by atoms with E-state index in [-0.39, 0.29) is 0 Å². The Morgan fingerprint density at radius 2 is 1.71 bits per heavy atom. The number of ether oxygens (including phenoxy) is 2. The number of nitrogens with two attached hydrogens (primary N) is 1. The van der Waals surface area contributed by atoms with Crippen molar-refractivity contribution in [1.82, 2.24) is 0 Å². The van der Waals surface area contributed by atoms with Gasteiger partial charge in [-0.3, -0.25) is 0 Å². The van der Waals surface area contributed by atoms with Crippen molar-refractivity contribution in [1.29, 1.82) is 0 Å². The number of hydrogen-bond acceptors (Lipinski definition) is 3. The Morgan fingerprint density at radius 1 is 0.952 bits per heavy atom. The molecule has 0 spiro atoms. The van der Waals surface area contributed by atoms with Crippen molar-refractivity contribution in [2.24, 2.45) is 11.1 Å². The molecule has 0 aromatic heterocycles. The summed E-state index contributed by atoms with van der Waals surface area (Å²) >= 11 is 0. The smallest absolute Gasteiger partial charge is 0.161 e. The molecule has 1 saturated carbocycles. The summed E-state index contributed by atoms with van der Waals surface area (Å²) in [6.07, 6.45) is 9.98. The minimum atomic E-state index is 0.499. The molecule has 1 fully saturated rings. The Labute approximate surface area is 127 Å². The van der Waals surface area contributed by atoms with Crippen LogP contribution >= 0.6 is 0 Å². The maximum Gasteiger partial charge on any atom is 0.161 e. The molecule has 0 atom stereocenters. The number of fused-ring (bicyclic) bond motifs is 1. The first-order valence-corrected chi connectivity index (χ1v) is 8.40. The van der Waals surface area contributed by atoms with Crippen LogP contribution in [0.1, 0.15) is 50.5 Å². The van der Waals surface area contributed by atoms with Crippen LogP contribution in [0.3, 0.4) is 0 Å². The highest BCUT2D eigenvalue weighted by molar-refractivity contribution is 5.43. The van der Waals surface area contributed by atoms with Gasteiger partial charge in [0.15, 0.2) is 11.5 Å². The molecule has 1 aromatic rings. The van der Waals surface area contributed by atoms with E-state index in [4.69, 9.17) is 15.2 Å². The lowest BCUT2D eigenvalue weighted by Crippen LogP contribution is -2.21. The van der Waals surface area contributed by atoms with Gasteiger partial charge in [-0.05, 0) is 61.8 Å². The van der Waals surface area contributed by atoms with Crippen molar-refractivity contribution < 1.29 is 9.47 Å². The fourth-order valence-electron chi connectivity index (χ4n) is 3.83. The maximum absolute atomic E-state index is 5.83. The van der Waals surface area contributed by atoms with Crippen LogP contribution in [0.5, 0.6) is 11.5 Å². The predicted octanol–water partition coefficient (Wildman–Crippen LogP) is 3.69. The van der Waals surface area contributed by atoms with Crippen molar-refractivity contribution in [2.45, 2.75) is 51.4 Å². The molecule has 0 bridgehead atoms. The zero-order valence-corrected chi connectivity index (χ0v) is 12.9. The maximum atomic E-state index is 5.83. The third kappa shape index (κ3) is 3.52. The molecular weight excluding hydrogens is 262 g/mol. The van der Waals surface area contributed by atoms with E-state index >= 15 is 0 Å². The molecule has 3 nitrogen and oxygen atoms in total. The average molecular weight is 289 g/mol. The fourth-order valence-corrected chi connectivity index (χ4v) is 3.83. The van der Waals surface area contributed by atoms with E-state index in [2.05, 4.69) is 18.2 Å². The van der Waals surface area contributed by atoms with Gasteiger partial charge in [0.1, 0.15) is 0 Å². The summed E-state index contributed by atoms with van der Waals surface area (Å²) in [5, 5.41) is 0. The Balaban J connectivity index is 1.66. The third-order valence-corrected chi connectivity index (χ3v) is 5.09. The Hall–Kier alpha value is -1.22. The van der Waals surface area contributed by atoms with Gasteiger partial charge in [-0.25, -0.2) is 0 Å². The predicted molar refractivity (Wildman–Crippen MR) is 84.9 cm³/mol. The number of rotatable bonds is 5. The summed E-state index contributed by atoms with van der Waals surface area (Å²) in [5.74, 6) is 1.82. The van der Waals surface area contributed by atoms with Gasteiger partial charge in [-0.1, -0.05) is 18.9 Å². The van der Waals surface area contributed by atoms with Gasteiger partial charge >= 0.3 is 0 Å². The van der Waals surface area contributed by atoms with Gasteiger partial charge in [0.2, 0.25) is 0 Å². The Kier molecular flexibility index (Phi) is 4.69. The molecule has 1 aliphatic carbocycles. The first-order chi connectivity index (χ1) is 10.3. The molecule has 1 heterocycles. The second kappa shape index (κ2) is 6.69. The second-order valence-corrected chi connectivity index (χ2v) is 6.58. The van der Waals surface area contributed by atoms with Crippen molar-refractivity contribution >= 4 is 0 Å². The molecule has 0 saturated heterocycles. The van der Waals surface area contributed by atoms with Crippen LogP contribution in [-0.2, 0) is 6.42 Å². The zero-order valence-electron chi connectivity index (χ0n) is 12.9. The lowest BCUT2D eigenvalue weighted by Gasteiger charge is -2.28. The topological polar surface area (TPSA) is 44.5 Å². The monoisotopic (exact) mass is 289 g/mol. The van der Waals surface area contributed by atoms with Crippen LogP contribution in [0, 0.1) is 5.41 Å². The van der Waals surface area contributed by atoms with Crippen LogP contribution < -0.4 is 15.2 Å². The minimum absolute atomic E-state index is 0.499. The molecule has 0 amide bonds. The molecule has 3 heteroatoms. The molecule has 0 unspecified atom stereocenters. The number of aryl methyl sites for hydroxylation is 1. The SMILES string of the molecule is NCCC1(CCc2ccc3c(c2)OCCCO3)CCCC1. The lowest BCUT2D eigenvalue weighted by atomic mass is 9.77. The van der Waals surface area contributed by atoms with Crippen molar-refractivity contribution in [3.05, 3.63) is 23.8 Å². The van der Waals surface area contributed by atoms with Gasteiger partial charge in [0.25, 0.3) is 0 Å².